The molecular weight excluding hydrogens is 282 g/mol. The van der Waals surface area contributed by atoms with Crippen molar-refractivity contribution in [1.82, 2.24) is 14.8 Å². The van der Waals surface area contributed by atoms with E-state index >= 15 is 0 Å². The molecule has 0 saturated carbocycles. The maximum absolute atomic E-state index is 12.3. The number of carbonyl (C=O) groups excluding carboxylic acids is 1. The van der Waals surface area contributed by atoms with Crippen molar-refractivity contribution >= 4 is 5.97 Å². The van der Waals surface area contributed by atoms with E-state index in [0.29, 0.717) is 12.0 Å². The molecule has 1 aromatic heterocycles. The van der Waals surface area contributed by atoms with Crippen LogP contribution in [0.25, 0.3) is 0 Å². The van der Waals surface area contributed by atoms with Crippen LogP contribution in [0.2, 0.25) is 0 Å². The molecule has 0 saturated heterocycles. The Labute approximate surface area is 129 Å². The predicted octanol–water partition coefficient (Wildman–Crippen LogP) is 1.76. The molecule has 1 aromatic carbocycles. The number of carbonyl (C=O) groups is 1. The molecule has 0 aliphatic heterocycles. The van der Waals surface area contributed by atoms with Crippen molar-refractivity contribution in [3.8, 4) is 0 Å². The second kappa shape index (κ2) is 7.17. The monoisotopic (exact) mass is 303 g/mol. The fourth-order valence-electron chi connectivity index (χ4n) is 2.63. The Balaban J connectivity index is 2.41. The Morgan fingerprint density at radius 3 is 2.64 bits per heavy atom. The van der Waals surface area contributed by atoms with Crippen molar-refractivity contribution < 1.29 is 14.6 Å². The van der Waals surface area contributed by atoms with E-state index in [4.69, 9.17) is 4.74 Å². The molecule has 2 rings (SSSR count). The van der Waals surface area contributed by atoms with Crippen LogP contribution in [-0.2, 0) is 21.7 Å². The minimum atomic E-state index is -1.41. The summed E-state index contributed by atoms with van der Waals surface area (Å²) in [7, 11) is 0. The zero-order chi connectivity index (χ0) is 16.0. The second-order valence-corrected chi connectivity index (χ2v) is 5.10. The number of esters is 1. The molecule has 0 aliphatic rings. The molecule has 0 spiro atoms. The van der Waals surface area contributed by atoms with Crippen LogP contribution in [0.1, 0.15) is 25.8 Å². The maximum Gasteiger partial charge on any atom is 0.312 e. The van der Waals surface area contributed by atoms with Crippen LogP contribution in [0.5, 0.6) is 0 Å². The van der Waals surface area contributed by atoms with E-state index in [0.717, 1.165) is 0 Å². The molecule has 22 heavy (non-hydrogen) atoms. The third-order valence-electron chi connectivity index (χ3n) is 3.70. The van der Waals surface area contributed by atoms with Gasteiger partial charge in [-0.05, 0) is 18.9 Å². The highest BCUT2D eigenvalue weighted by Crippen LogP contribution is 2.34. The molecule has 6 nitrogen and oxygen atoms in total. The molecular formula is C16H21N3O3. The van der Waals surface area contributed by atoms with Crippen LogP contribution >= 0.6 is 0 Å². The fourth-order valence-corrected chi connectivity index (χ4v) is 2.63. The molecule has 6 heteroatoms. The smallest absolute Gasteiger partial charge is 0.312 e. The first-order chi connectivity index (χ1) is 10.6. The first-order valence-electron chi connectivity index (χ1n) is 7.38. The summed E-state index contributed by atoms with van der Waals surface area (Å²) < 4.78 is 6.66. The molecule has 2 unspecified atom stereocenters. The van der Waals surface area contributed by atoms with Gasteiger partial charge in [-0.2, -0.15) is 5.10 Å². The number of hydrogen-bond donors (Lipinski definition) is 1. The minimum Gasteiger partial charge on any atom is -0.466 e. The normalized spacial score (nSPS) is 15.0. The zero-order valence-electron chi connectivity index (χ0n) is 12.8. The van der Waals surface area contributed by atoms with E-state index in [2.05, 4.69) is 10.1 Å². The predicted molar refractivity (Wildman–Crippen MR) is 80.8 cm³/mol. The lowest BCUT2D eigenvalue weighted by atomic mass is 9.79. The van der Waals surface area contributed by atoms with Gasteiger partial charge < -0.3 is 9.84 Å². The summed E-state index contributed by atoms with van der Waals surface area (Å²) in [5.74, 6) is -1.09. The number of ether oxygens (including phenoxy) is 1. The van der Waals surface area contributed by atoms with E-state index in [1.165, 1.54) is 17.3 Å². The Hall–Kier alpha value is -2.21. The van der Waals surface area contributed by atoms with Crippen LogP contribution < -0.4 is 0 Å². The second-order valence-electron chi connectivity index (χ2n) is 5.10. The lowest BCUT2D eigenvalue weighted by Crippen LogP contribution is -2.44. The summed E-state index contributed by atoms with van der Waals surface area (Å²) >= 11 is 0. The number of nitrogens with zero attached hydrogens (tertiary/aromatic N) is 3. The molecule has 0 aliphatic carbocycles. The lowest BCUT2D eigenvalue weighted by molar-refractivity contribution is -0.161. The van der Waals surface area contributed by atoms with Gasteiger partial charge in [0, 0.05) is 0 Å². The SMILES string of the molecule is CCOC(=O)C(CC)C(O)(Cn1cncn1)c1ccccc1. The summed E-state index contributed by atoms with van der Waals surface area (Å²) in [5.41, 5.74) is -0.749. The molecule has 0 radical (unpaired) electrons. The first kappa shape index (κ1) is 16.2. The molecule has 1 heterocycles. The molecule has 118 valence electrons. The van der Waals surface area contributed by atoms with Crippen LogP contribution in [0.15, 0.2) is 43.0 Å². The van der Waals surface area contributed by atoms with Crippen LogP contribution in [-0.4, -0.2) is 32.4 Å². The standard InChI is InChI=1S/C16H21N3O3/c1-3-14(15(20)22-4-2)16(21,10-19-12-17-11-18-19)13-8-6-5-7-9-13/h5-9,11-12,14,21H,3-4,10H2,1-2H3. The Bertz CT molecular complexity index is 586. The van der Waals surface area contributed by atoms with Gasteiger partial charge in [0.25, 0.3) is 0 Å². The maximum atomic E-state index is 12.3. The van der Waals surface area contributed by atoms with Gasteiger partial charge >= 0.3 is 5.97 Å². The summed E-state index contributed by atoms with van der Waals surface area (Å²) in [6, 6.07) is 9.14. The summed E-state index contributed by atoms with van der Waals surface area (Å²) in [5, 5.41) is 15.4. The number of aromatic nitrogens is 3. The van der Waals surface area contributed by atoms with Crippen molar-refractivity contribution in [3.63, 3.8) is 0 Å². The number of aliphatic hydroxyl groups is 1. The van der Waals surface area contributed by atoms with Crippen molar-refractivity contribution in [2.45, 2.75) is 32.4 Å². The third-order valence-corrected chi connectivity index (χ3v) is 3.70. The summed E-state index contributed by atoms with van der Waals surface area (Å²) in [6.07, 6.45) is 3.38. The van der Waals surface area contributed by atoms with Gasteiger partial charge in [0.15, 0.2) is 0 Å². The lowest BCUT2D eigenvalue weighted by Gasteiger charge is -2.34. The Morgan fingerprint density at radius 1 is 1.36 bits per heavy atom. The molecule has 2 atom stereocenters. The molecule has 0 bridgehead atoms. The van der Waals surface area contributed by atoms with Crippen molar-refractivity contribution in [2.24, 2.45) is 5.92 Å². The quantitative estimate of drug-likeness (QED) is 0.789. The van der Waals surface area contributed by atoms with E-state index in [-0.39, 0.29) is 13.2 Å². The van der Waals surface area contributed by atoms with Gasteiger partial charge in [0.05, 0.1) is 19.1 Å². The number of benzene rings is 1. The largest absolute Gasteiger partial charge is 0.466 e. The van der Waals surface area contributed by atoms with Crippen molar-refractivity contribution in [2.75, 3.05) is 6.61 Å². The Morgan fingerprint density at radius 2 is 2.09 bits per heavy atom. The summed E-state index contributed by atoms with van der Waals surface area (Å²) in [6.45, 7) is 4.03. The average molecular weight is 303 g/mol. The van der Waals surface area contributed by atoms with E-state index < -0.39 is 17.5 Å². The van der Waals surface area contributed by atoms with Crippen molar-refractivity contribution in [1.29, 1.82) is 0 Å². The number of rotatable bonds is 7. The Kier molecular flexibility index (Phi) is 5.27. The van der Waals surface area contributed by atoms with Crippen LogP contribution in [0.3, 0.4) is 0 Å². The van der Waals surface area contributed by atoms with Gasteiger partial charge in [-0.25, -0.2) is 9.67 Å². The average Bonchev–Trinajstić information content (AvgIpc) is 3.02. The highest BCUT2D eigenvalue weighted by atomic mass is 16.5. The molecule has 1 N–H and O–H groups in total. The van der Waals surface area contributed by atoms with Crippen LogP contribution in [0.4, 0.5) is 0 Å². The highest BCUT2D eigenvalue weighted by molar-refractivity contribution is 5.74. The van der Waals surface area contributed by atoms with Crippen LogP contribution in [0, 0.1) is 5.92 Å². The van der Waals surface area contributed by atoms with Gasteiger partial charge in [0.2, 0.25) is 0 Å². The minimum absolute atomic E-state index is 0.133. The van der Waals surface area contributed by atoms with Crippen molar-refractivity contribution in [3.05, 3.63) is 48.5 Å². The molecule has 2 aromatic rings. The van der Waals surface area contributed by atoms with Gasteiger partial charge in [-0.1, -0.05) is 37.3 Å². The van der Waals surface area contributed by atoms with Gasteiger partial charge in [-0.3, -0.25) is 4.79 Å². The van der Waals surface area contributed by atoms with E-state index in [1.54, 1.807) is 19.1 Å². The van der Waals surface area contributed by atoms with E-state index in [1.807, 2.05) is 25.1 Å². The van der Waals surface area contributed by atoms with Gasteiger partial charge in [0.1, 0.15) is 18.3 Å². The highest BCUT2D eigenvalue weighted by Gasteiger charge is 2.43. The molecule has 0 amide bonds. The zero-order valence-corrected chi connectivity index (χ0v) is 12.8. The fraction of sp³-hybridized carbons (Fsp3) is 0.438. The van der Waals surface area contributed by atoms with E-state index in [9.17, 15) is 9.90 Å². The first-order valence-corrected chi connectivity index (χ1v) is 7.38. The third kappa shape index (κ3) is 3.33. The summed E-state index contributed by atoms with van der Waals surface area (Å²) in [4.78, 5) is 16.2. The number of hydrogen-bond acceptors (Lipinski definition) is 5. The molecule has 0 fully saturated rings. The topological polar surface area (TPSA) is 77.2 Å². The van der Waals surface area contributed by atoms with Gasteiger partial charge in [-0.15, -0.1) is 0 Å².